The Hall–Kier alpha value is -2.07. The number of hydrogen-bond donors (Lipinski definition) is 2. The van der Waals surface area contributed by atoms with Crippen LogP contribution in [0.2, 0.25) is 0 Å². The Morgan fingerprint density at radius 3 is 2.74 bits per heavy atom. The molecule has 1 atom stereocenters. The molecule has 1 unspecified atom stereocenters. The van der Waals surface area contributed by atoms with Gasteiger partial charge in [-0.1, -0.05) is 6.92 Å². The van der Waals surface area contributed by atoms with Gasteiger partial charge in [0.25, 0.3) is 0 Å². The SMILES string of the molecule is CC1CCCN(c2nc(Nc3ccc(SN)cc3F)ncc2C(F)(F)F)C1. The van der Waals surface area contributed by atoms with Gasteiger partial charge in [-0.2, -0.15) is 18.2 Å². The zero-order valence-corrected chi connectivity index (χ0v) is 15.4. The fourth-order valence-corrected chi connectivity index (χ4v) is 3.36. The van der Waals surface area contributed by atoms with Gasteiger partial charge < -0.3 is 10.2 Å². The van der Waals surface area contributed by atoms with Crippen molar-refractivity contribution < 1.29 is 17.6 Å². The Morgan fingerprint density at radius 1 is 1.33 bits per heavy atom. The van der Waals surface area contributed by atoms with E-state index in [1.54, 1.807) is 11.0 Å². The summed E-state index contributed by atoms with van der Waals surface area (Å²) in [6.07, 6.45) is -2.07. The number of piperidine rings is 1. The van der Waals surface area contributed by atoms with Crippen molar-refractivity contribution in [3.05, 3.63) is 35.8 Å². The standard InChI is InChI=1S/C17H19F4N5S/c1-10-3-2-6-26(9-10)15-12(17(19,20)21)8-23-16(25-15)24-14-5-4-11(27-22)7-13(14)18/h4-5,7-8,10H,2-3,6,9,22H2,1H3,(H,23,24,25). The lowest BCUT2D eigenvalue weighted by Gasteiger charge is -2.33. The van der Waals surface area contributed by atoms with E-state index in [-0.39, 0.29) is 23.4 Å². The fourth-order valence-electron chi connectivity index (χ4n) is 3.05. The minimum atomic E-state index is -4.57. The maximum Gasteiger partial charge on any atom is 0.421 e. The number of anilines is 3. The number of benzene rings is 1. The smallest absolute Gasteiger partial charge is 0.356 e. The number of nitrogens with one attached hydrogen (secondary N) is 1. The first-order chi connectivity index (χ1) is 12.8. The molecule has 1 aliphatic heterocycles. The third-order valence-electron chi connectivity index (χ3n) is 4.35. The second-order valence-corrected chi connectivity index (χ2v) is 7.21. The van der Waals surface area contributed by atoms with Crippen LogP contribution in [0.5, 0.6) is 0 Å². The van der Waals surface area contributed by atoms with Crippen LogP contribution in [-0.4, -0.2) is 23.1 Å². The number of nitrogens with two attached hydrogens (primary N) is 1. The van der Waals surface area contributed by atoms with Crippen molar-refractivity contribution in [2.45, 2.75) is 30.8 Å². The molecule has 0 bridgehead atoms. The topological polar surface area (TPSA) is 67.1 Å². The zero-order valence-electron chi connectivity index (χ0n) is 14.6. The first kappa shape index (κ1) is 19.7. The minimum Gasteiger partial charge on any atom is -0.356 e. The molecule has 0 spiro atoms. The summed E-state index contributed by atoms with van der Waals surface area (Å²) in [5.74, 6) is -0.601. The van der Waals surface area contributed by atoms with E-state index in [0.717, 1.165) is 31.0 Å². The van der Waals surface area contributed by atoms with E-state index in [0.29, 0.717) is 18.0 Å². The molecule has 2 heterocycles. The molecule has 0 amide bonds. The van der Waals surface area contributed by atoms with E-state index in [2.05, 4.69) is 15.3 Å². The van der Waals surface area contributed by atoms with Crippen LogP contribution in [0.15, 0.2) is 29.3 Å². The summed E-state index contributed by atoms with van der Waals surface area (Å²) in [5.41, 5.74) is -0.831. The van der Waals surface area contributed by atoms with Gasteiger partial charge in [0.2, 0.25) is 5.95 Å². The van der Waals surface area contributed by atoms with Gasteiger partial charge >= 0.3 is 6.18 Å². The number of aromatic nitrogens is 2. The number of hydrogen-bond acceptors (Lipinski definition) is 6. The van der Waals surface area contributed by atoms with Crippen LogP contribution >= 0.6 is 11.9 Å². The maximum absolute atomic E-state index is 14.1. The maximum atomic E-state index is 14.1. The lowest BCUT2D eigenvalue weighted by atomic mass is 10.00. The highest BCUT2D eigenvalue weighted by atomic mass is 32.2. The van der Waals surface area contributed by atoms with E-state index in [1.165, 1.54) is 12.1 Å². The van der Waals surface area contributed by atoms with E-state index in [1.807, 2.05) is 6.92 Å². The third kappa shape index (κ3) is 4.62. The molecule has 0 aliphatic carbocycles. The Labute approximate surface area is 158 Å². The summed E-state index contributed by atoms with van der Waals surface area (Å²) >= 11 is 0.893. The highest BCUT2D eigenvalue weighted by Gasteiger charge is 2.37. The van der Waals surface area contributed by atoms with E-state index in [9.17, 15) is 17.6 Å². The van der Waals surface area contributed by atoms with Crippen LogP contribution in [0.4, 0.5) is 35.0 Å². The molecule has 3 N–H and O–H groups in total. The molecule has 146 valence electrons. The molecular weight excluding hydrogens is 382 g/mol. The molecule has 3 rings (SSSR count). The number of halogens is 4. The van der Waals surface area contributed by atoms with Gasteiger partial charge in [0.05, 0.1) is 5.69 Å². The van der Waals surface area contributed by atoms with Crippen molar-refractivity contribution in [2.24, 2.45) is 11.1 Å². The Balaban J connectivity index is 1.94. The Bertz CT molecular complexity index is 814. The van der Waals surface area contributed by atoms with Gasteiger partial charge in [-0.3, -0.25) is 5.14 Å². The second kappa shape index (κ2) is 7.89. The molecular formula is C17H19F4N5S. The summed E-state index contributed by atoms with van der Waals surface area (Å²) < 4.78 is 54.3. The van der Waals surface area contributed by atoms with Crippen molar-refractivity contribution in [2.75, 3.05) is 23.3 Å². The fraction of sp³-hybridized carbons (Fsp3) is 0.412. The highest BCUT2D eigenvalue weighted by Crippen LogP contribution is 2.37. The molecule has 1 fully saturated rings. The number of rotatable bonds is 4. The molecule has 1 aromatic heterocycles. The second-order valence-electron chi connectivity index (χ2n) is 6.51. The van der Waals surface area contributed by atoms with Gasteiger partial charge in [0.15, 0.2) is 0 Å². The lowest BCUT2D eigenvalue weighted by molar-refractivity contribution is -0.137. The molecule has 0 saturated carbocycles. The average molecular weight is 401 g/mol. The molecule has 1 saturated heterocycles. The van der Waals surface area contributed by atoms with Crippen LogP contribution in [-0.2, 0) is 6.18 Å². The molecule has 27 heavy (non-hydrogen) atoms. The van der Waals surface area contributed by atoms with Gasteiger partial charge in [0.1, 0.15) is 17.2 Å². The predicted molar refractivity (Wildman–Crippen MR) is 97.4 cm³/mol. The van der Waals surface area contributed by atoms with Crippen LogP contribution < -0.4 is 15.4 Å². The quantitative estimate of drug-likeness (QED) is 0.577. The van der Waals surface area contributed by atoms with Gasteiger partial charge in [-0.25, -0.2) is 9.37 Å². The van der Waals surface area contributed by atoms with Gasteiger partial charge in [-0.15, -0.1) is 0 Å². The van der Waals surface area contributed by atoms with Crippen molar-refractivity contribution in [1.29, 1.82) is 0 Å². The summed E-state index contributed by atoms with van der Waals surface area (Å²) in [6.45, 7) is 2.96. The molecule has 5 nitrogen and oxygen atoms in total. The summed E-state index contributed by atoms with van der Waals surface area (Å²) in [5, 5.41) is 8.04. The molecule has 0 radical (unpaired) electrons. The van der Waals surface area contributed by atoms with Crippen LogP contribution in [0, 0.1) is 11.7 Å². The zero-order chi connectivity index (χ0) is 19.6. The normalized spacial score (nSPS) is 17.9. The highest BCUT2D eigenvalue weighted by molar-refractivity contribution is 7.97. The van der Waals surface area contributed by atoms with E-state index >= 15 is 0 Å². The molecule has 1 aromatic carbocycles. The molecule has 1 aliphatic rings. The number of nitrogens with zero attached hydrogens (tertiary/aromatic N) is 3. The summed E-state index contributed by atoms with van der Waals surface area (Å²) in [4.78, 5) is 9.94. The van der Waals surface area contributed by atoms with Gasteiger partial charge in [0, 0.05) is 24.2 Å². The molecule has 10 heteroatoms. The van der Waals surface area contributed by atoms with Crippen molar-refractivity contribution in [1.82, 2.24) is 9.97 Å². The van der Waals surface area contributed by atoms with E-state index in [4.69, 9.17) is 5.14 Å². The summed E-state index contributed by atoms with van der Waals surface area (Å²) in [7, 11) is 0. The average Bonchev–Trinajstić information content (AvgIpc) is 2.62. The third-order valence-corrected chi connectivity index (χ3v) is 4.88. The van der Waals surface area contributed by atoms with Crippen LogP contribution in [0.1, 0.15) is 25.3 Å². The Kier molecular flexibility index (Phi) is 5.75. The van der Waals surface area contributed by atoms with E-state index < -0.39 is 17.6 Å². The van der Waals surface area contributed by atoms with Crippen LogP contribution in [0.25, 0.3) is 0 Å². The van der Waals surface area contributed by atoms with Crippen molar-refractivity contribution in [3.63, 3.8) is 0 Å². The predicted octanol–water partition coefficient (Wildman–Crippen LogP) is 4.58. The van der Waals surface area contributed by atoms with Gasteiger partial charge in [-0.05, 0) is 48.9 Å². The molecule has 2 aromatic rings. The summed E-state index contributed by atoms with van der Waals surface area (Å²) in [6, 6.07) is 4.26. The minimum absolute atomic E-state index is 0.0607. The monoisotopic (exact) mass is 401 g/mol. The van der Waals surface area contributed by atoms with Crippen LogP contribution in [0.3, 0.4) is 0 Å². The largest absolute Gasteiger partial charge is 0.421 e. The Morgan fingerprint density at radius 2 is 2.11 bits per heavy atom. The van der Waals surface area contributed by atoms with Crippen molar-refractivity contribution >= 4 is 29.4 Å². The van der Waals surface area contributed by atoms with Crippen molar-refractivity contribution in [3.8, 4) is 0 Å². The lowest BCUT2D eigenvalue weighted by Crippen LogP contribution is -2.36. The first-order valence-electron chi connectivity index (χ1n) is 8.40. The number of alkyl halides is 3. The first-order valence-corrected chi connectivity index (χ1v) is 9.28.